The van der Waals surface area contributed by atoms with Crippen LogP contribution in [-0.2, 0) is 16.0 Å². The van der Waals surface area contributed by atoms with Crippen LogP contribution in [-0.4, -0.2) is 34.1 Å². The summed E-state index contributed by atoms with van der Waals surface area (Å²) in [4.78, 5) is 30.4. The van der Waals surface area contributed by atoms with Crippen molar-refractivity contribution in [3.63, 3.8) is 0 Å². The molecule has 3 aromatic rings. The predicted molar refractivity (Wildman–Crippen MR) is 122 cm³/mol. The number of carbonyl (C=O) groups excluding carboxylic acids is 2. The van der Waals surface area contributed by atoms with E-state index in [9.17, 15) is 14.7 Å². The molecule has 32 heavy (non-hydrogen) atoms. The molecular formula is C26H24N2O4. The third kappa shape index (κ3) is 3.96. The fraction of sp³-hybridized carbons (Fsp3) is 0.269. The van der Waals surface area contributed by atoms with Crippen LogP contribution in [0.5, 0.6) is 5.75 Å². The second-order valence-electron chi connectivity index (χ2n) is 8.42. The molecule has 1 aromatic heterocycles. The van der Waals surface area contributed by atoms with Crippen LogP contribution in [0.3, 0.4) is 0 Å². The smallest absolute Gasteiger partial charge is 0.339 e. The molecule has 2 aliphatic carbocycles. The summed E-state index contributed by atoms with van der Waals surface area (Å²) in [6.07, 6.45) is 4.55. The van der Waals surface area contributed by atoms with Crippen molar-refractivity contribution < 1.29 is 19.4 Å². The first-order valence-electron chi connectivity index (χ1n) is 10.9. The molecule has 1 atom stereocenters. The number of para-hydroxylation sites is 1. The number of nitrogens with zero attached hydrogens (tertiary/aromatic N) is 1. The molecule has 1 heterocycles. The van der Waals surface area contributed by atoms with Gasteiger partial charge in [-0.05, 0) is 73.6 Å². The second kappa shape index (κ2) is 8.11. The highest BCUT2D eigenvalue weighted by Crippen LogP contribution is 2.38. The van der Waals surface area contributed by atoms with Gasteiger partial charge in [0, 0.05) is 11.4 Å². The van der Waals surface area contributed by atoms with Crippen LogP contribution in [0.4, 0.5) is 0 Å². The Hall–Kier alpha value is -3.67. The quantitative estimate of drug-likeness (QED) is 0.593. The minimum atomic E-state index is -0.862. The van der Waals surface area contributed by atoms with Crippen molar-refractivity contribution in [2.45, 2.75) is 44.8 Å². The van der Waals surface area contributed by atoms with Crippen molar-refractivity contribution in [1.82, 2.24) is 10.3 Å². The topological polar surface area (TPSA) is 88.5 Å². The fourth-order valence-corrected chi connectivity index (χ4v) is 4.10. The lowest BCUT2D eigenvalue weighted by atomic mass is 10.0. The molecule has 0 radical (unpaired) electrons. The Labute approximate surface area is 185 Å². The minimum absolute atomic E-state index is 0.210. The van der Waals surface area contributed by atoms with Gasteiger partial charge < -0.3 is 15.2 Å². The van der Waals surface area contributed by atoms with Crippen molar-refractivity contribution in [2.24, 2.45) is 0 Å². The van der Waals surface area contributed by atoms with E-state index in [-0.39, 0.29) is 17.7 Å². The number of pyridine rings is 1. The van der Waals surface area contributed by atoms with Gasteiger partial charge in [0.1, 0.15) is 5.75 Å². The van der Waals surface area contributed by atoms with E-state index in [0.717, 1.165) is 47.0 Å². The lowest BCUT2D eigenvalue weighted by molar-refractivity contribution is -0.129. The normalized spacial score (nSPS) is 17.2. The van der Waals surface area contributed by atoms with E-state index in [0.29, 0.717) is 17.5 Å². The highest BCUT2D eigenvalue weighted by molar-refractivity contribution is 6.07. The first-order chi connectivity index (χ1) is 15.5. The number of nitrogens with one attached hydrogen (secondary N) is 1. The molecule has 0 spiro atoms. The van der Waals surface area contributed by atoms with Crippen molar-refractivity contribution in [3.8, 4) is 5.75 Å². The zero-order chi connectivity index (χ0) is 22.2. The van der Waals surface area contributed by atoms with Crippen LogP contribution in [0.1, 0.15) is 53.4 Å². The van der Waals surface area contributed by atoms with Crippen LogP contribution in [0.2, 0.25) is 0 Å². The largest absolute Gasteiger partial charge is 0.508 e. The molecule has 6 heteroatoms. The SMILES string of the molecule is CC(OC(=O)c1c2c(nc3ccccc13)/C(=C/c1ccc(O)cc1)CC2)C(=O)NC1CC1. The zero-order valence-electron chi connectivity index (χ0n) is 17.8. The van der Waals surface area contributed by atoms with Crippen molar-refractivity contribution in [3.05, 3.63) is 70.9 Å². The first kappa shape index (κ1) is 20.2. The van der Waals surface area contributed by atoms with Crippen LogP contribution >= 0.6 is 0 Å². The van der Waals surface area contributed by atoms with E-state index < -0.39 is 12.1 Å². The highest BCUT2D eigenvalue weighted by atomic mass is 16.5. The molecule has 1 unspecified atom stereocenters. The Morgan fingerprint density at radius 1 is 1.12 bits per heavy atom. The van der Waals surface area contributed by atoms with E-state index in [1.165, 1.54) is 0 Å². The fourth-order valence-electron chi connectivity index (χ4n) is 4.10. The van der Waals surface area contributed by atoms with E-state index >= 15 is 0 Å². The molecule has 1 amide bonds. The summed E-state index contributed by atoms with van der Waals surface area (Å²) in [5.74, 6) is -0.541. The van der Waals surface area contributed by atoms with Gasteiger partial charge in [0.25, 0.3) is 5.91 Å². The third-order valence-electron chi connectivity index (χ3n) is 5.96. The molecule has 2 N–H and O–H groups in total. The maximum atomic E-state index is 13.3. The number of hydrogen-bond donors (Lipinski definition) is 2. The van der Waals surface area contributed by atoms with E-state index in [4.69, 9.17) is 9.72 Å². The molecule has 162 valence electrons. The summed E-state index contributed by atoms with van der Waals surface area (Å²) in [5, 5.41) is 13.2. The summed E-state index contributed by atoms with van der Waals surface area (Å²) in [5.41, 5.74) is 4.84. The summed E-state index contributed by atoms with van der Waals surface area (Å²) in [6, 6.07) is 14.7. The Morgan fingerprint density at radius 2 is 1.88 bits per heavy atom. The standard InChI is InChI=1S/C26H24N2O4/c1-15(25(30)27-18-9-10-18)32-26(31)23-20-4-2-3-5-22(20)28-24-17(8-13-21(23)24)14-16-6-11-19(29)12-7-16/h2-7,11-12,14-15,18,29H,8-10,13H2,1H3,(H,27,30)/b17-14+. The van der Waals surface area contributed by atoms with Gasteiger partial charge in [-0.25, -0.2) is 9.78 Å². The molecule has 0 aliphatic heterocycles. The van der Waals surface area contributed by atoms with Gasteiger partial charge >= 0.3 is 5.97 Å². The Bertz CT molecular complexity index is 1240. The number of aromatic hydroxyl groups is 1. The molecule has 1 fully saturated rings. The number of rotatable bonds is 5. The van der Waals surface area contributed by atoms with E-state index in [1.54, 1.807) is 19.1 Å². The summed E-state index contributed by atoms with van der Waals surface area (Å²) in [6.45, 7) is 1.61. The molecule has 1 saturated carbocycles. The monoisotopic (exact) mass is 428 g/mol. The minimum Gasteiger partial charge on any atom is -0.508 e. The number of phenols is 1. The maximum Gasteiger partial charge on any atom is 0.339 e. The lowest BCUT2D eigenvalue weighted by Gasteiger charge is -2.16. The molecule has 2 aromatic carbocycles. The average Bonchev–Trinajstić information content (AvgIpc) is 3.52. The number of aromatic nitrogens is 1. The lowest BCUT2D eigenvalue weighted by Crippen LogP contribution is -2.37. The predicted octanol–water partition coefficient (Wildman–Crippen LogP) is 4.25. The molecular weight excluding hydrogens is 404 g/mol. The number of amides is 1. The number of phenolic OH excluding ortho intramolecular Hbond substituents is 1. The number of ether oxygens (including phenoxy) is 1. The van der Waals surface area contributed by atoms with Crippen molar-refractivity contribution in [1.29, 1.82) is 0 Å². The zero-order valence-corrected chi connectivity index (χ0v) is 17.8. The maximum absolute atomic E-state index is 13.3. The number of hydrogen-bond acceptors (Lipinski definition) is 5. The molecule has 2 aliphatic rings. The highest BCUT2D eigenvalue weighted by Gasteiger charge is 2.31. The van der Waals surface area contributed by atoms with Gasteiger partial charge in [-0.1, -0.05) is 30.3 Å². The molecule has 0 saturated heterocycles. The molecule has 5 rings (SSSR count). The van der Waals surface area contributed by atoms with Gasteiger partial charge in [-0.3, -0.25) is 4.79 Å². The van der Waals surface area contributed by atoms with Crippen LogP contribution in [0.15, 0.2) is 48.5 Å². The van der Waals surface area contributed by atoms with Crippen LogP contribution in [0, 0.1) is 0 Å². The number of fused-ring (bicyclic) bond motifs is 2. The van der Waals surface area contributed by atoms with Crippen LogP contribution < -0.4 is 5.32 Å². The van der Waals surface area contributed by atoms with E-state index in [1.807, 2.05) is 42.5 Å². The van der Waals surface area contributed by atoms with E-state index in [2.05, 4.69) is 5.32 Å². The Balaban J connectivity index is 1.52. The van der Waals surface area contributed by atoms with Crippen molar-refractivity contribution in [2.75, 3.05) is 0 Å². The van der Waals surface area contributed by atoms with Gasteiger partial charge in [0.05, 0.1) is 16.8 Å². The summed E-state index contributed by atoms with van der Waals surface area (Å²) in [7, 11) is 0. The number of allylic oxidation sites excluding steroid dienone is 1. The summed E-state index contributed by atoms with van der Waals surface area (Å²) >= 11 is 0. The van der Waals surface area contributed by atoms with Crippen molar-refractivity contribution >= 4 is 34.4 Å². The van der Waals surface area contributed by atoms with Gasteiger partial charge in [0.15, 0.2) is 6.10 Å². The second-order valence-corrected chi connectivity index (χ2v) is 8.42. The van der Waals surface area contributed by atoms with Gasteiger partial charge in [-0.2, -0.15) is 0 Å². The van der Waals surface area contributed by atoms with Crippen LogP contribution in [0.25, 0.3) is 22.6 Å². The summed E-state index contributed by atoms with van der Waals surface area (Å²) < 4.78 is 5.60. The Morgan fingerprint density at radius 3 is 2.62 bits per heavy atom. The third-order valence-corrected chi connectivity index (χ3v) is 5.96. The number of benzene rings is 2. The Kier molecular flexibility index (Phi) is 5.13. The molecule has 6 nitrogen and oxygen atoms in total. The number of carbonyl (C=O) groups is 2. The molecule has 0 bridgehead atoms. The number of esters is 1. The first-order valence-corrected chi connectivity index (χ1v) is 10.9. The van der Waals surface area contributed by atoms with Gasteiger partial charge in [0.2, 0.25) is 0 Å². The van der Waals surface area contributed by atoms with Gasteiger partial charge in [-0.15, -0.1) is 0 Å². The average molecular weight is 428 g/mol.